The van der Waals surface area contributed by atoms with E-state index in [1.165, 1.54) is 0 Å². The Labute approximate surface area is 261 Å². The normalized spacial score (nSPS) is 16.0. The van der Waals surface area contributed by atoms with E-state index in [1.54, 1.807) is 0 Å². The summed E-state index contributed by atoms with van der Waals surface area (Å²) >= 11 is 0. The van der Waals surface area contributed by atoms with Gasteiger partial charge in [-0.15, -0.1) is 0 Å². The van der Waals surface area contributed by atoms with E-state index in [-0.39, 0.29) is 0 Å². The number of nitrogens with zero attached hydrogens (tertiary/aromatic N) is 6. The van der Waals surface area contributed by atoms with E-state index < -0.39 is 137 Å². The SMILES string of the molecule is [C-]#[N+]c1c(F)c(F)c(C(C#N)=C2/C(=C(/C#N)c3c(F)c(C)c(C#N)c(F)c3F)C2C([N+]#[C-])c2c(F)c(F)c(C#N)c(F)c2F)c(F)c1F. The van der Waals surface area contributed by atoms with Crippen molar-refractivity contribution in [1.29, 1.82) is 21.0 Å². The second-order valence-corrected chi connectivity index (χ2v) is 9.53. The van der Waals surface area contributed by atoms with Crippen LogP contribution < -0.4 is 0 Å². The third kappa shape index (κ3) is 4.66. The van der Waals surface area contributed by atoms with E-state index in [2.05, 4.69) is 9.69 Å². The van der Waals surface area contributed by atoms with Crippen molar-refractivity contribution in [3.8, 4) is 24.3 Å². The van der Waals surface area contributed by atoms with Gasteiger partial charge in [-0.1, -0.05) is 0 Å². The number of rotatable bonds is 4. The van der Waals surface area contributed by atoms with Gasteiger partial charge in [0.25, 0.3) is 11.7 Å². The first-order valence-corrected chi connectivity index (χ1v) is 12.4. The fraction of sp³-hybridized carbons (Fsp3) is 0.0968. The molecular formula is C31H5F11N6. The van der Waals surface area contributed by atoms with Gasteiger partial charge in [-0.3, -0.25) is 0 Å². The van der Waals surface area contributed by atoms with Gasteiger partial charge in [-0.25, -0.2) is 59.7 Å². The van der Waals surface area contributed by atoms with Crippen LogP contribution >= 0.6 is 0 Å². The standard InChI is InChI=1S/C31H5F11N6/c1-8-9(4-43)20(33)23(36)15(19(8)32)10(5-44)13-14(11(6-45)16-24(37)28(41)31(48-3)29(42)25(16)38)17(13)30(47-2)18-26(39)21(34)12(7-46)22(35)27(18)40/h17,30H,1H3/b13-10+,14-11?. The Hall–Kier alpha value is -6.69. The van der Waals surface area contributed by atoms with Gasteiger partial charge in [0, 0.05) is 5.56 Å². The van der Waals surface area contributed by atoms with Crippen LogP contribution in [-0.2, 0) is 0 Å². The molecular weight excluding hydrogens is 665 g/mol. The van der Waals surface area contributed by atoms with Crippen LogP contribution in [0.4, 0.5) is 54.0 Å². The molecule has 4 rings (SSSR count). The van der Waals surface area contributed by atoms with E-state index in [4.69, 9.17) is 23.7 Å². The van der Waals surface area contributed by atoms with Crippen LogP contribution in [0.1, 0.15) is 39.4 Å². The van der Waals surface area contributed by atoms with Crippen molar-refractivity contribution in [3.63, 3.8) is 0 Å². The van der Waals surface area contributed by atoms with E-state index in [1.807, 2.05) is 0 Å². The first-order chi connectivity index (χ1) is 22.6. The third-order valence-corrected chi connectivity index (χ3v) is 7.27. The van der Waals surface area contributed by atoms with Crippen LogP contribution in [0.5, 0.6) is 0 Å². The molecule has 0 spiro atoms. The molecule has 3 aromatic rings. The Morgan fingerprint density at radius 2 is 0.979 bits per heavy atom. The molecule has 1 aliphatic rings. The minimum atomic E-state index is -2.75. The van der Waals surface area contributed by atoms with Crippen molar-refractivity contribution in [2.45, 2.75) is 13.0 Å². The Morgan fingerprint density at radius 3 is 1.35 bits per heavy atom. The lowest BCUT2D eigenvalue weighted by atomic mass is 9.95. The minimum absolute atomic E-state index is 0.742. The molecule has 1 fully saturated rings. The summed E-state index contributed by atoms with van der Waals surface area (Å²) in [4.78, 5) is 5.08. The van der Waals surface area contributed by atoms with Gasteiger partial charge in [0.05, 0.1) is 40.3 Å². The van der Waals surface area contributed by atoms with Crippen molar-refractivity contribution in [3.05, 3.63) is 131 Å². The summed E-state index contributed by atoms with van der Waals surface area (Å²) in [6.45, 7) is 15.0. The molecule has 2 unspecified atom stereocenters. The smallest absolute Gasteiger partial charge is 0.265 e. The molecule has 3 aromatic carbocycles. The molecule has 0 aromatic heterocycles. The third-order valence-electron chi connectivity index (χ3n) is 7.27. The number of hydrogen-bond acceptors (Lipinski definition) is 4. The minimum Gasteiger partial charge on any atom is -0.307 e. The molecule has 236 valence electrons. The molecule has 0 heterocycles. The fourth-order valence-electron chi connectivity index (χ4n) is 5.02. The second kappa shape index (κ2) is 12.2. The molecule has 0 aliphatic heterocycles. The summed E-state index contributed by atoms with van der Waals surface area (Å²) in [7, 11) is 0. The number of allylic oxidation sites excluding steroid dienone is 2. The number of benzene rings is 3. The lowest BCUT2D eigenvalue weighted by molar-refractivity contribution is 0.427. The highest BCUT2D eigenvalue weighted by Crippen LogP contribution is 2.61. The predicted octanol–water partition coefficient (Wildman–Crippen LogP) is 8.36. The molecule has 48 heavy (non-hydrogen) atoms. The zero-order valence-electron chi connectivity index (χ0n) is 23.0. The molecule has 0 radical (unpaired) electrons. The topological polar surface area (TPSA) is 104 Å². The lowest BCUT2D eigenvalue weighted by Gasteiger charge is -2.11. The van der Waals surface area contributed by atoms with Crippen molar-refractivity contribution < 1.29 is 48.3 Å². The van der Waals surface area contributed by atoms with Crippen molar-refractivity contribution >= 4 is 16.8 Å². The highest BCUT2D eigenvalue weighted by atomic mass is 19.2. The van der Waals surface area contributed by atoms with Crippen molar-refractivity contribution in [2.75, 3.05) is 0 Å². The first kappa shape index (κ1) is 34.2. The maximum atomic E-state index is 15.4. The second-order valence-electron chi connectivity index (χ2n) is 9.53. The maximum Gasteiger partial charge on any atom is 0.265 e. The molecule has 17 heteroatoms. The van der Waals surface area contributed by atoms with Crippen LogP contribution in [0.25, 0.3) is 20.8 Å². The largest absolute Gasteiger partial charge is 0.307 e. The Kier molecular flexibility index (Phi) is 8.72. The molecule has 2 atom stereocenters. The summed E-state index contributed by atoms with van der Waals surface area (Å²) in [5.74, 6) is -27.7. The quantitative estimate of drug-likeness (QED) is 0.120. The van der Waals surface area contributed by atoms with Crippen LogP contribution in [0.15, 0.2) is 11.1 Å². The van der Waals surface area contributed by atoms with Gasteiger partial charge in [0.1, 0.15) is 41.2 Å². The van der Waals surface area contributed by atoms with E-state index in [9.17, 15) is 32.5 Å². The Balaban J connectivity index is 2.27. The Morgan fingerprint density at radius 1 is 0.583 bits per heavy atom. The van der Waals surface area contributed by atoms with Crippen molar-refractivity contribution in [1.82, 2.24) is 0 Å². The van der Waals surface area contributed by atoms with Crippen LogP contribution in [0.2, 0.25) is 0 Å². The number of nitriles is 4. The molecule has 0 saturated heterocycles. The maximum absolute atomic E-state index is 15.4. The molecule has 6 nitrogen and oxygen atoms in total. The van der Waals surface area contributed by atoms with Crippen LogP contribution in [0, 0.1) is 135 Å². The lowest BCUT2D eigenvalue weighted by Crippen LogP contribution is -2.11. The summed E-state index contributed by atoms with van der Waals surface area (Å²) in [5.41, 5.74) is -16.6. The summed E-state index contributed by atoms with van der Waals surface area (Å²) < 4.78 is 164. The number of hydrogen-bond donors (Lipinski definition) is 0. The number of halogens is 11. The summed E-state index contributed by atoms with van der Waals surface area (Å²) in [6.07, 6.45) is 0. The van der Waals surface area contributed by atoms with Crippen LogP contribution in [-0.4, -0.2) is 0 Å². The molecule has 0 amide bonds. The van der Waals surface area contributed by atoms with Gasteiger partial charge in [-0.05, 0) is 18.1 Å². The fourth-order valence-corrected chi connectivity index (χ4v) is 5.02. The molecule has 1 saturated carbocycles. The first-order valence-electron chi connectivity index (χ1n) is 12.4. The summed E-state index contributed by atoms with van der Waals surface area (Å²) in [6, 6.07) is 1.47. The monoisotopic (exact) mass is 670 g/mol. The highest BCUT2D eigenvalue weighted by molar-refractivity contribution is 5.98. The highest BCUT2D eigenvalue weighted by Gasteiger charge is 2.56. The van der Waals surface area contributed by atoms with E-state index >= 15 is 26.3 Å². The van der Waals surface area contributed by atoms with E-state index in [0.717, 1.165) is 31.2 Å². The zero-order valence-corrected chi connectivity index (χ0v) is 23.0. The van der Waals surface area contributed by atoms with Gasteiger partial charge in [0.2, 0.25) is 0 Å². The van der Waals surface area contributed by atoms with E-state index in [0.29, 0.717) is 0 Å². The van der Waals surface area contributed by atoms with Gasteiger partial charge >= 0.3 is 0 Å². The molecule has 0 bridgehead atoms. The molecule has 1 aliphatic carbocycles. The van der Waals surface area contributed by atoms with Gasteiger partial charge in [0.15, 0.2) is 58.2 Å². The van der Waals surface area contributed by atoms with Gasteiger partial charge in [-0.2, -0.15) is 21.0 Å². The average Bonchev–Trinajstić information content (AvgIpc) is 3.78. The predicted molar refractivity (Wildman–Crippen MR) is 137 cm³/mol. The van der Waals surface area contributed by atoms with Crippen molar-refractivity contribution in [2.24, 2.45) is 5.92 Å². The van der Waals surface area contributed by atoms with Crippen LogP contribution in [0.3, 0.4) is 0 Å². The Bertz CT molecular complexity index is 2150. The summed E-state index contributed by atoms with van der Waals surface area (Å²) in [5, 5.41) is 37.8. The zero-order chi connectivity index (χ0) is 36.1. The molecule has 0 N–H and O–H groups in total. The average molecular weight is 670 g/mol. The van der Waals surface area contributed by atoms with Gasteiger partial charge < -0.3 is 4.85 Å².